The monoisotopic (exact) mass is 306 g/mol. The minimum Gasteiger partial charge on any atom is -0.341 e. The van der Waals surface area contributed by atoms with E-state index in [0.29, 0.717) is 30.2 Å². The van der Waals surface area contributed by atoms with E-state index in [9.17, 15) is 9.59 Å². The van der Waals surface area contributed by atoms with Crippen molar-refractivity contribution in [1.29, 1.82) is 0 Å². The first-order valence-electron chi connectivity index (χ1n) is 7.49. The van der Waals surface area contributed by atoms with Gasteiger partial charge in [0.1, 0.15) is 0 Å². The maximum absolute atomic E-state index is 12.5. The molecule has 112 valence electrons. The normalized spacial score (nSPS) is 19.3. The second-order valence-corrected chi connectivity index (χ2v) is 6.19. The maximum Gasteiger partial charge on any atom is 0.253 e. The number of carbonyl (C=O) groups excluding carboxylic acids is 2. The smallest absolute Gasteiger partial charge is 0.253 e. The Balaban J connectivity index is 1.64. The van der Waals surface area contributed by atoms with Gasteiger partial charge >= 0.3 is 0 Å². The molecule has 0 bridgehead atoms. The number of hydrogen-bond acceptors (Lipinski definition) is 2. The van der Waals surface area contributed by atoms with Gasteiger partial charge in [0.25, 0.3) is 5.91 Å². The van der Waals surface area contributed by atoms with Crippen LogP contribution in [0.15, 0.2) is 24.3 Å². The zero-order valence-corrected chi connectivity index (χ0v) is 12.7. The quantitative estimate of drug-likeness (QED) is 0.842. The average molecular weight is 307 g/mol. The molecule has 21 heavy (non-hydrogen) atoms. The van der Waals surface area contributed by atoms with Crippen molar-refractivity contribution in [3.05, 3.63) is 34.9 Å². The molecule has 1 aliphatic carbocycles. The number of rotatable bonds is 2. The maximum atomic E-state index is 12.5. The fourth-order valence-corrected chi connectivity index (χ4v) is 2.92. The van der Waals surface area contributed by atoms with Crippen LogP contribution in [0.4, 0.5) is 0 Å². The molecule has 0 unspecified atom stereocenters. The van der Waals surface area contributed by atoms with Crippen LogP contribution in [-0.4, -0.2) is 47.8 Å². The number of benzene rings is 1. The molecule has 0 radical (unpaired) electrons. The summed E-state index contributed by atoms with van der Waals surface area (Å²) in [6.45, 7) is 2.69. The Morgan fingerprint density at radius 1 is 1.05 bits per heavy atom. The number of hydrogen-bond donors (Lipinski definition) is 0. The van der Waals surface area contributed by atoms with E-state index in [-0.39, 0.29) is 17.7 Å². The molecule has 1 heterocycles. The molecule has 1 saturated heterocycles. The lowest BCUT2D eigenvalue weighted by Crippen LogP contribution is -2.37. The largest absolute Gasteiger partial charge is 0.341 e. The Kier molecular flexibility index (Phi) is 4.15. The second kappa shape index (κ2) is 6.06. The molecule has 2 fully saturated rings. The van der Waals surface area contributed by atoms with Crippen LogP contribution in [0.5, 0.6) is 0 Å². The van der Waals surface area contributed by atoms with Gasteiger partial charge in [0.05, 0.1) is 0 Å². The topological polar surface area (TPSA) is 40.6 Å². The van der Waals surface area contributed by atoms with Crippen LogP contribution >= 0.6 is 11.6 Å². The molecule has 0 aromatic heterocycles. The average Bonchev–Trinajstić information content (AvgIpc) is 3.32. The van der Waals surface area contributed by atoms with Gasteiger partial charge in [0.15, 0.2) is 0 Å². The van der Waals surface area contributed by atoms with E-state index in [1.807, 2.05) is 9.80 Å². The van der Waals surface area contributed by atoms with Gasteiger partial charge in [-0.25, -0.2) is 0 Å². The molecule has 0 spiro atoms. The van der Waals surface area contributed by atoms with E-state index < -0.39 is 0 Å². The SMILES string of the molecule is O=C(c1cccc(Cl)c1)N1CCCN(C(=O)C2CC2)CC1. The number of halogens is 1. The van der Waals surface area contributed by atoms with E-state index in [1.54, 1.807) is 24.3 Å². The lowest BCUT2D eigenvalue weighted by Gasteiger charge is -2.22. The molecule has 1 aromatic carbocycles. The van der Waals surface area contributed by atoms with Crippen LogP contribution in [0.3, 0.4) is 0 Å². The van der Waals surface area contributed by atoms with Crippen molar-refractivity contribution in [2.45, 2.75) is 19.3 Å². The van der Waals surface area contributed by atoms with Crippen molar-refractivity contribution in [3.63, 3.8) is 0 Å². The zero-order valence-electron chi connectivity index (χ0n) is 11.9. The summed E-state index contributed by atoms with van der Waals surface area (Å²) >= 11 is 5.94. The molecule has 2 amide bonds. The predicted molar refractivity (Wildman–Crippen MR) is 81.3 cm³/mol. The van der Waals surface area contributed by atoms with Crippen LogP contribution in [0, 0.1) is 5.92 Å². The highest BCUT2D eigenvalue weighted by Crippen LogP contribution is 2.31. The molecule has 5 heteroatoms. The fraction of sp³-hybridized carbons (Fsp3) is 0.500. The number of amides is 2. The third-order valence-electron chi connectivity index (χ3n) is 4.09. The molecular formula is C16H19ClN2O2. The van der Waals surface area contributed by atoms with E-state index in [2.05, 4.69) is 0 Å². The van der Waals surface area contributed by atoms with Crippen LogP contribution in [-0.2, 0) is 4.79 Å². The van der Waals surface area contributed by atoms with Gasteiger partial charge in [-0.1, -0.05) is 17.7 Å². The molecule has 0 N–H and O–H groups in total. The summed E-state index contributed by atoms with van der Waals surface area (Å²) in [6.07, 6.45) is 2.89. The predicted octanol–water partition coefficient (Wildman–Crippen LogP) is 2.42. The van der Waals surface area contributed by atoms with Gasteiger partial charge in [-0.15, -0.1) is 0 Å². The van der Waals surface area contributed by atoms with E-state index in [4.69, 9.17) is 11.6 Å². The first-order valence-corrected chi connectivity index (χ1v) is 7.86. The van der Waals surface area contributed by atoms with Crippen LogP contribution in [0.25, 0.3) is 0 Å². The summed E-state index contributed by atoms with van der Waals surface area (Å²) in [5, 5.41) is 0.571. The summed E-state index contributed by atoms with van der Waals surface area (Å²) in [5.74, 6) is 0.519. The first-order chi connectivity index (χ1) is 10.1. The van der Waals surface area contributed by atoms with Crippen molar-refractivity contribution in [2.24, 2.45) is 5.92 Å². The highest BCUT2D eigenvalue weighted by Gasteiger charge is 2.34. The van der Waals surface area contributed by atoms with Crippen LogP contribution < -0.4 is 0 Å². The molecule has 4 nitrogen and oxygen atoms in total. The van der Waals surface area contributed by atoms with E-state index in [0.717, 1.165) is 25.8 Å². The Labute approximate surface area is 129 Å². The molecule has 1 aliphatic heterocycles. The van der Waals surface area contributed by atoms with Gasteiger partial charge in [-0.2, -0.15) is 0 Å². The summed E-state index contributed by atoms with van der Waals surface area (Å²) in [6, 6.07) is 7.03. The first kappa shape index (κ1) is 14.4. The minimum atomic E-state index is -0.00165. The van der Waals surface area contributed by atoms with Crippen LogP contribution in [0.2, 0.25) is 5.02 Å². The van der Waals surface area contributed by atoms with Crippen LogP contribution in [0.1, 0.15) is 29.6 Å². The van der Waals surface area contributed by atoms with Crippen molar-refractivity contribution in [1.82, 2.24) is 9.80 Å². The Morgan fingerprint density at radius 3 is 2.48 bits per heavy atom. The Bertz CT molecular complexity index is 557. The summed E-state index contributed by atoms with van der Waals surface area (Å²) in [5.41, 5.74) is 0.615. The molecular weight excluding hydrogens is 288 g/mol. The lowest BCUT2D eigenvalue weighted by atomic mass is 10.2. The Hall–Kier alpha value is -1.55. The van der Waals surface area contributed by atoms with E-state index >= 15 is 0 Å². The number of carbonyl (C=O) groups is 2. The highest BCUT2D eigenvalue weighted by molar-refractivity contribution is 6.30. The summed E-state index contributed by atoms with van der Waals surface area (Å²) < 4.78 is 0. The zero-order chi connectivity index (χ0) is 14.8. The van der Waals surface area contributed by atoms with Gasteiger partial charge < -0.3 is 9.80 Å². The summed E-state index contributed by atoms with van der Waals surface area (Å²) in [7, 11) is 0. The molecule has 1 aromatic rings. The Morgan fingerprint density at radius 2 is 1.76 bits per heavy atom. The lowest BCUT2D eigenvalue weighted by molar-refractivity contribution is -0.132. The van der Waals surface area contributed by atoms with Crippen molar-refractivity contribution in [3.8, 4) is 0 Å². The standard InChI is InChI=1S/C16H19ClN2O2/c17-14-4-1-3-13(11-14)16(21)19-8-2-7-18(9-10-19)15(20)12-5-6-12/h1,3-4,11-12H,2,5-10H2. The number of nitrogens with zero attached hydrogens (tertiary/aromatic N) is 2. The molecule has 0 atom stereocenters. The van der Waals surface area contributed by atoms with Crippen molar-refractivity contribution in [2.75, 3.05) is 26.2 Å². The molecule has 2 aliphatic rings. The fourth-order valence-electron chi connectivity index (χ4n) is 2.73. The third-order valence-corrected chi connectivity index (χ3v) is 4.33. The molecule has 1 saturated carbocycles. The van der Waals surface area contributed by atoms with Gasteiger partial charge in [0, 0.05) is 42.7 Å². The molecule has 3 rings (SSSR count). The van der Waals surface area contributed by atoms with Gasteiger partial charge in [-0.3, -0.25) is 9.59 Å². The third kappa shape index (κ3) is 3.38. The van der Waals surface area contributed by atoms with Gasteiger partial charge in [0.2, 0.25) is 5.91 Å². The summed E-state index contributed by atoms with van der Waals surface area (Å²) in [4.78, 5) is 28.3. The minimum absolute atomic E-state index is 0.00165. The van der Waals surface area contributed by atoms with E-state index in [1.165, 1.54) is 0 Å². The van der Waals surface area contributed by atoms with Gasteiger partial charge in [-0.05, 0) is 37.5 Å². The van der Waals surface area contributed by atoms with Crippen molar-refractivity contribution < 1.29 is 9.59 Å². The van der Waals surface area contributed by atoms with Crippen molar-refractivity contribution >= 4 is 23.4 Å². The second-order valence-electron chi connectivity index (χ2n) is 5.76. The highest BCUT2D eigenvalue weighted by atomic mass is 35.5.